The summed E-state index contributed by atoms with van der Waals surface area (Å²) in [6.45, 7) is 5.57. The van der Waals surface area contributed by atoms with Crippen molar-refractivity contribution in [3.63, 3.8) is 0 Å². The smallest absolute Gasteiger partial charge is 0.341 e. The quantitative estimate of drug-likeness (QED) is 0.224. The second kappa shape index (κ2) is 9.93. The third-order valence-electron chi connectivity index (χ3n) is 3.48. The molecule has 3 nitrogen and oxygen atoms in total. The van der Waals surface area contributed by atoms with E-state index in [4.69, 9.17) is 4.74 Å². The molecule has 1 rings (SSSR count). The van der Waals surface area contributed by atoms with Crippen molar-refractivity contribution in [2.75, 3.05) is 6.61 Å². The van der Waals surface area contributed by atoms with Crippen molar-refractivity contribution in [3.05, 3.63) is 41.0 Å². The maximum atomic E-state index is 11.7. The number of unbranched alkanes of at least 4 members (excludes halogenated alkanes) is 3. The van der Waals surface area contributed by atoms with Crippen LogP contribution < -0.4 is 0 Å². The maximum absolute atomic E-state index is 11.7. The van der Waals surface area contributed by atoms with Crippen molar-refractivity contribution in [2.45, 2.75) is 52.9 Å². The fourth-order valence-corrected chi connectivity index (χ4v) is 2.22. The van der Waals surface area contributed by atoms with Crippen LogP contribution in [0, 0.1) is 0 Å². The number of hydrogen-bond acceptors (Lipinski definition) is 3. The Morgan fingerprint density at radius 1 is 1.05 bits per heavy atom. The van der Waals surface area contributed by atoms with E-state index in [0.717, 1.165) is 12.0 Å². The summed E-state index contributed by atoms with van der Waals surface area (Å²) in [5.74, 6) is -0.833. The van der Waals surface area contributed by atoms with E-state index in [2.05, 4.69) is 19.1 Å². The van der Waals surface area contributed by atoms with Crippen LogP contribution in [0.1, 0.15) is 57.6 Å². The third kappa shape index (κ3) is 6.25. The van der Waals surface area contributed by atoms with Gasteiger partial charge in [-0.25, -0.2) is 4.79 Å². The average Bonchev–Trinajstić information content (AvgIpc) is 2.50. The summed E-state index contributed by atoms with van der Waals surface area (Å²) >= 11 is 0. The Hall–Kier alpha value is -1.90. The van der Waals surface area contributed by atoms with E-state index in [9.17, 15) is 9.59 Å². The minimum absolute atomic E-state index is 0.0949. The van der Waals surface area contributed by atoms with Gasteiger partial charge in [0.25, 0.3) is 0 Å². The molecule has 120 valence electrons. The topological polar surface area (TPSA) is 43.4 Å². The van der Waals surface area contributed by atoms with E-state index in [1.54, 1.807) is 13.0 Å². The van der Waals surface area contributed by atoms with Gasteiger partial charge in [0.1, 0.15) is 5.57 Å². The fourth-order valence-electron chi connectivity index (χ4n) is 2.22. The van der Waals surface area contributed by atoms with Crippen LogP contribution in [0.3, 0.4) is 0 Å². The van der Waals surface area contributed by atoms with Gasteiger partial charge in [-0.15, -0.1) is 0 Å². The van der Waals surface area contributed by atoms with E-state index in [1.165, 1.54) is 38.2 Å². The number of benzene rings is 1. The highest BCUT2D eigenvalue weighted by Crippen LogP contribution is 2.13. The molecule has 3 heteroatoms. The van der Waals surface area contributed by atoms with Crippen LogP contribution >= 0.6 is 0 Å². The molecular formula is C19H26O3. The molecule has 0 N–H and O–H groups in total. The van der Waals surface area contributed by atoms with Crippen molar-refractivity contribution in [2.24, 2.45) is 0 Å². The van der Waals surface area contributed by atoms with Gasteiger partial charge in [0.2, 0.25) is 0 Å². The van der Waals surface area contributed by atoms with Gasteiger partial charge < -0.3 is 4.74 Å². The molecule has 0 bridgehead atoms. The molecule has 0 atom stereocenters. The van der Waals surface area contributed by atoms with E-state index in [-0.39, 0.29) is 18.0 Å². The SMILES string of the molecule is CCCCCCc1ccc(/C=C(/C(C)=O)C(=O)OCC)cc1. The standard InChI is InChI=1S/C19H26O3/c1-4-6-7-8-9-16-10-12-17(13-11-16)14-18(15(3)20)19(21)22-5-2/h10-14H,4-9H2,1-3H3/b18-14-. The highest BCUT2D eigenvalue weighted by molar-refractivity contribution is 6.19. The summed E-state index contributed by atoms with van der Waals surface area (Å²) in [6.07, 6.45) is 7.65. The first-order chi connectivity index (χ1) is 10.6. The molecular weight excluding hydrogens is 276 g/mol. The van der Waals surface area contributed by atoms with E-state index in [0.29, 0.717) is 0 Å². The zero-order chi connectivity index (χ0) is 16.4. The van der Waals surface area contributed by atoms with Gasteiger partial charge >= 0.3 is 5.97 Å². The van der Waals surface area contributed by atoms with Gasteiger partial charge in [0, 0.05) is 0 Å². The summed E-state index contributed by atoms with van der Waals surface area (Å²) in [5, 5.41) is 0. The van der Waals surface area contributed by atoms with Crippen LogP contribution in [-0.4, -0.2) is 18.4 Å². The summed E-state index contributed by atoms with van der Waals surface area (Å²) in [4.78, 5) is 23.3. The molecule has 0 radical (unpaired) electrons. The monoisotopic (exact) mass is 302 g/mol. The van der Waals surface area contributed by atoms with Gasteiger partial charge in [-0.2, -0.15) is 0 Å². The van der Waals surface area contributed by atoms with Crippen molar-refractivity contribution in [1.82, 2.24) is 0 Å². The lowest BCUT2D eigenvalue weighted by Gasteiger charge is -2.05. The number of ketones is 1. The molecule has 0 saturated heterocycles. The molecule has 0 aliphatic rings. The summed E-state index contributed by atoms with van der Waals surface area (Å²) < 4.78 is 4.91. The van der Waals surface area contributed by atoms with Crippen LogP contribution in [0.25, 0.3) is 6.08 Å². The number of carbonyl (C=O) groups is 2. The Morgan fingerprint density at radius 3 is 2.27 bits per heavy atom. The van der Waals surface area contributed by atoms with Crippen molar-refractivity contribution >= 4 is 17.8 Å². The Morgan fingerprint density at radius 2 is 1.73 bits per heavy atom. The molecule has 1 aromatic rings. The van der Waals surface area contributed by atoms with Gasteiger partial charge in [-0.05, 0) is 43.9 Å². The van der Waals surface area contributed by atoms with Crippen molar-refractivity contribution in [3.8, 4) is 0 Å². The minimum Gasteiger partial charge on any atom is -0.462 e. The van der Waals surface area contributed by atoms with E-state index in [1.807, 2.05) is 12.1 Å². The van der Waals surface area contributed by atoms with Crippen molar-refractivity contribution in [1.29, 1.82) is 0 Å². The molecule has 0 unspecified atom stereocenters. The Kier molecular flexibility index (Phi) is 8.19. The van der Waals surface area contributed by atoms with Gasteiger partial charge in [0.05, 0.1) is 6.61 Å². The summed E-state index contributed by atoms with van der Waals surface area (Å²) in [6, 6.07) is 8.00. The molecule has 0 aromatic heterocycles. The normalized spacial score (nSPS) is 11.3. The molecule has 0 fully saturated rings. The van der Waals surface area contributed by atoms with Crippen molar-refractivity contribution < 1.29 is 14.3 Å². The Bertz CT molecular complexity index is 512. The molecule has 0 aliphatic carbocycles. The minimum atomic E-state index is -0.557. The lowest BCUT2D eigenvalue weighted by molar-refractivity contribution is -0.139. The molecule has 1 aromatic carbocycles. The van der Waals surface area contributed by atoms with Crippen LogP contribution in [0.5, 0.6) is 0 Å². The first-order valence-corrected chi connectivity index (χ1v) is 8.07. The zero-order valence-corrected chi connectivity index (χ0v) is 13.9. The highest BCUT2D eigenvalue weighted by Gasteiger charge is 2.15. The number of ether oxygens (including phenoxy) is 1. The number of carbonyl (C=O) groups excluding carboxylic acids is 2. The molecule has 0 spiro atoms. The highest BCUT2D eigenvalue weighted by atomic mass is 16.5. The van der Waals surface area contributed by atoms with Crippen LogP contribution in [0.4, 0.5) is 0 Å². The Balaban J connectivity index is 2.73. The second-order valence-corrected chi connectivity index (χ2v) is 5.39. The lowest BCUT2D eigenvalue weighted by atomic mass is 10.0. The van der Waals surface area contributed by atoms with E-state index < -0.39 is 5.97 Å². The Labute approximate surface area is 133 Å². The van der Waals surface area contributed by atoms with Crippen LogP contribution in [-0.2, 0) is 20.7 Å². The molecule has 22 heavy (non-hydrogen) atoms. The number of aryl methyl sites for hydroxylation is 1. The van der Waals surface area contributed by atoms with Crippen LogP contribution in [0.2, 0.25) is 0 Å². The lowest BCUT2D eigenvalue weighted by Crippen LogP contribution is -2.13. The number of hydrogen-bond donors (Lipinski definition) is 0. The number of esters is 1. The first-order valence-electron chi connectivity index (χ1n) is 8.07. The second-order valence-electron chi connectivity index (χ2n) is 5.39. The molecule has 0 amide bonds. The molecule has 0 aliphatic heterocycles. The van der Waals surface area contributed by atoms with Gasteiger partial charge in [0.15, 0.2) is 5.78 Å². The predicted molar refractivity (Wildman–Crippen MR) is 89.6 cm³/mol. The van der Waals surface area contributed by atoms with Gasteiger partial charge in [-0.3, -0.25) is 4.79 Å². The van der Waals surface area contributed by atoms with Crippen LogP contribution in [0.15, 0.2) is 29.8 Å². The average molecular weight is 302 g/mol. The summed E-state index contributed by atoms with van der Waals surface area (Å²) in [5.41, 5.74) is 2.22. The zero-order valence-electron chi connectivity index (χ0n) is 13.9. The van der Waals surface area contributed by atoms with Gasteiger partial charge in [-0.1, -0.05) is 50.5 Å². The molecule has 0 heterocycles. The molecule has 0 saturated carbocycles. The number of Topliss-reactive ketones (excluding diaryl/α,β-unsaturated/α-hetero) is 1. The fraction of sp³-hybridized carbons (Fsp3) is 0.474. The first kappa shape index (κ1) is 18.1. The third-order valence-corrected chi connectivity index (χ3v) is 3.48. The van der Waals surface area contributed by atoms with E-state index >= 15 is 0 Å². The summed E-state index contributed by atoms with van der Waals surface area (Å²) in [7, 11) is 0. The number of rotatable bonds is 9. The maximum Gasteiger partial charge on any atom is 0.341 e. The predicted octanol–water partition coefficient (Wildman–Crippen LogP) is 4.34. The largest absolute Gasteiger partial charge is 0.462 e.